The van der Waals surface area contributed by atoms with Gasteiger partial charge in [-0.2, -0.15) is 0 Å². The van der Waals surface area contributed by atoms with Crippen molar-refractivity contribution in [3.63, 3.8) is 0 Å². The van der Waals surface area contributed by atoms with E-state index in [1.165, 1.54) is 4.31 Å². The van der Waals surface area contributed by atoms with Gasteiger partial charge in [0, 0.05) is 6.54 Å². The number of ether oxygens (including phenoxy) is 1. The molecule has 0 saturated heterocycles. The first-order valence-corrected chi connectivity index (χ1v) is 11.0. The summed E-state index contributed by atoms with van der Waals surface area (Å²) in [5.74, 6) is 0.0604. The molecule has 29 heavy (non-hydrogen) atoms. The maximum atomic E-state index is 13.3. The fourth-order valence-electron chi connectivity index (χ4n) is 3.12. The zero-order valence-electron chi connectivity index (χ0n) is 17.0. The summed E-state index contributed by atoms with van der Waals surface area (Å²) in [5, 5.41) is 2.85. The molecule has 0 aliphatic carbocycles. The van der Waals surface area contributed by atoms with Crippen LogP contribution >= 0.6 is 0 Å². The number of para-hydroxylation sites is 2. The van der Waals surface area contributed by atoms with Gasteiger partial charge in [-0.15, -0.1) is 0 Å². The van der Waals surface area contributed by atoms with Crippen LogP contribution in [0.15, 0.2) is 53.4 Å². The second-order valence-corrected chi connectivity index (χ2v) is 9.23. The highest BCUT2D eigenvalue weighted by Crippen LogP contribution is 2.36. The normalized spacial score (nSPS) is 16.3. The van der Waals surface area contributed by atoms with E-state index in [2.05, 4.69) is 5.32 Å². The predicted octanol–water partition coefficient (Wildman–Crippen LogP) is 2.02. The third-order valence-corrected chi connectivity index (χ3v) is 6.51. The van der Waals surface area contributed by atoms with Crippen LogP contribution in [0.1, 0.15) is 12.0 Å². The molecule has 0 fully saturated rings. The van der Waals surface area contributed by atoms with Crippen molar-refractivity contribution in [1.82, 2.24) is 10.2 Å². The Bertz CT molecular complexity index is 958. The predicted molar refractivity (Wildman–Crippen MR) is 113 cm³/mol. The third kappa shape index (κ3) is 4.89. The van der Waals surface area contributed by atoms with E-state index >= 15 is 0 Å². The molecule has 1 aliphatic rings. The number of anilines is 1. The van der Waals surface area contributed by atoms with Gasteiger partial charge in [-0.25, -0.2) is 8.42 Å². The number of rotatable bonds is 7. The Hall–Kier alpha value is -2.58. The van der Waals surface area contributed by atoms with Crippen LogP contribution in [0.2, 0.25) is 0 Å². The van der Waals surface area contributed by atoms with Gasteiger partial charge in [-0.05, 0) is 58.3 Å². The molecule has 1 atom stereocenters. The van der Waals surface area contributed by atoms with Gasteiger partial charge in [0.1, 0.15) is 5.75 Å². The number of amides is 1. The lowest BCUT2D eigenvalue weighted by molar-refractivity contribution is -0.127. The van der Waals surface area contributed by atoms with Gasteiger partial charge in [0.2, 0.25) is 0 Å². The number of aryl methyl sites for hydroxylation is 1. The van der Waals surface area contributed by atoms with Crippen molar-refractivity contribution in [3.8, 4) is 5.75 Å². The molecule has 0 bridgehead atoms. The lowest BCUT2D eigenvalue weighted by atomic mass is 10.2. The van der Waals surface area contributed by atoms with E-state index in [-0.39, 0.29) is 17.3 Å². The molecule has 156 valence electrons. The first-order chi connectivity index (χ1) is 13.8. The SMILES string of the molecule is Cc1ccc(S(=O)(=O)N2CC(C(=O)NCCCN(C)C)Oc3ccccc32)cc1. The molecule has 1 aliphatic heterocycles. The monoisotopic (exact) mass is 417 g/mol. The van der Waals surface area contributed by atoms with Gasteiger partial charge in [-0.3, -0.25) is 9.10 Å². The topological polar surface area (TPSA) is 79.0 Å². The maximum absolute atomic E-state index is 13.3. The summed E-state index contributed by atoms with van der Waals surface area (Å²) in [4.78, 5) is 14.9. The van der Waals surface area contributed by atoms with E-state index in [4.69, 9.17) is 4.74 Å². The van der Waals surface area contributed by atoms with Crippen LogP contribution in [-0.2, 0) is 14.8 Å². The molecule has 0 spiro atoms. The van der Waals surface area contributed by atoms with E-state index < -0.39 is 16.1 Å². The number of hydrogen-bond acceptors (Lipinski definition) is 5. The Morgan fingerprint density at radius 1 is 1.17 bits per heavy atom. The molecular weight excluding hydrogens is 390 g/mol. The highest BCUT2D eigenvalue weighted by Gasteiger charge is 2.37. The molecule has 8 heteroatoms. The molecule has 1 amide bonds. The number of nitrogens with zero attached hydrogens (tertiary/aromatic N) is 2. The largest absolute Gasteiger partial charge is 0.476 e. The van der Waals surface area contributed by atoms with Gasteiger partial charge in [0.05, 0.1) is 17.1 Å². The Balaban J connectivity index is 1.83. The van der Waals surface area contributed by atoms with Crippen LogP contribution in [0.3, 0.4) is 0 Å². The number of carbonyl (C=O) groups excluding carboxylic acids is 1. The Morgan fingerprint density at radius 2 is 1.86 bits per heavy atom. The average Bonchev–Trinajstić information content (AvgIpc) is 2.70. The van der Waals surface area contributed by atoms with Crippen LogP contribution in [0.4, 0.5) is 5.69 Å². The number of carbonyl (C=O) groups is 1. The summed E-state index contributed by atoms with van der Waals surface area (Å²) in [6.45, 7) is 3.18. The second kappa shape index (κ2) is 8.84. The smallest absolute Gasteiger partial charge is 0.264 e. The molecule has 1 N–H and O–H groups in total. The average molecular weight is 418 g/mol. The van der Waals surface area contributed by atoms with Crippen molar-refractivity contribution in [2.75, 3.05) is 38.0 Å². The second-order valence-electron chi connectivity index (χ2n) is 7.37. The maximum Gasteiger partial charge on any atom is 0.264 e. The fraction of sp³-hybridized carbons (Fsp3) is 0.381. The summed E-state index contributed by atoms with van der Waals surface area (Å²) in [6.07, 6.45) is -0.113. The van der Waals surface area contributed by atoms with Crippen LogP contribution in [0, 0.1) is 6.92 Å². The van der Waals surface area contributed by atoms with Crippen molar-refractivity contribution < 1.29 is 17.9 Å². The van der Waals surface area contributed by atoms with Crippen molar-refractivity contribution >= 4 is 21.6 Å². The van der Waals surface area contributed by atoms with Crippen LogP contribution < -0.4 is 14.4 Å². The van der Waals surface area contributed by atoms with Gasteiger partial charge >= 0.3 is 0 Å². The third-order valence-electron chi connectivity index (χ3n) is 4.72. The van der Waals surface area contributed by atoms with E-state index in [0.717, 1.165) is 18.5 Å². The van der Waals surface area contributed by atoms with Gasteiger partial charge < -0.3 is 15.0 Å². The minimum absolute atomic E-state index is 0.0766. The van der Waals surface area contributed by atoms with Gasteiger partial charge in [0.15, 0.2) is 6.10 Å². The fourth-order valence-corrected chi connectivity index (χ4v) is 4.60. The molecule has 3 rings (SSSR count). The van der Waals surface area contributed by atoms with E-state index in [1.807, 2.05) is 25.9 Å². The lowest BCUT2D eigenvalue weighted by Gasteiger charge is -2.34. The van der Waals surface area contributed by atoms with Gasteiger partial charge in [-0.1, -0.05) is 29.8 Å². The van der Waals surface area contributed by atoms with E-state index in [0.29, 0.717) is 18.0 Å². The van der Waals surface area contributed by atoms with Crippen LogP contribution in [-0.4, -0.2) is 59.1 Å². The Morgan fingerprint density at radius 3 is 2.55 bits per heavy atom. The van der Waals surface area contributed by atoms with Crippen molar-refractivity contribution in [1.29, 1.82) is 0 Å². The number of benzene rings is 2. The summed E-state index contributed by atoms with van der Waals surface area (Å²) < 4.78 is 33.7. The Labute approximate surface area is 172 Å². The minimum Gasteiger partial charge on any atom is -0.476 e. The number of sulfonamides is 1. The molecule has 2 aromatic rings. The summed E-state index contributed by atoms with van der Waals surface area (Å²) in [5.41, 5.74) is 1.41. The van der Waals surface area contributed by atoms with Crippen LogP contribution in [0.5, 0.6) is 5.75 Å². The number of fused-ring (bicyclic) bond motifs is 1. The molecule has 1 heterocycles. The number of hydrogen-bond donors (Lipinski definition) is 1. The highest BCUT2D eigenvalue weighted by atomic mass is 32.2. The molecule has 2 aromatic carbocycles. The molecule has 0 saturated carbocycles. The summed E-state index contributed by atoms with van der Waals surface area (Å²) in [6, 6.07) is 13.6. The van der Waals surface area contributed by atoms with Gasteiger partial charge in [0.25, 0.3) is 15.9 Å². The quantitative estimate of drug-likeness (QED) is 0.698. The first kappa shape index (κ1) is 21.1. The zero-order valence-corrected chi connectivity index (χ0v) is 17.8. The first-order valence-electron chi connectivity index (χ1n) is 9.56. The van der Waals surface area contributed by atoms with Crippen LogP contribution in [0.25, 0.3) is 0 Å². The molecule has 0 radical (unpaired) electrons. The van der Waals surface area contributed by atoms with Crippen molar-refractivity contribution in [2.24, 2.45) is 0 Å². The number of nitrogens with one attached hydrogen (secondary N) is 1. The molecular formula is C21H27N3O4S. The Kier molecular flexibility index (Phi) is 6.44. The lowest BCUT2D eigenvalue weighted by Crippen LogP contribution is -2.50. The molecule has 1 unspecified atom stereocenters. The van der Waals surface area contributed by atoms with E-state index in [1.54, 1.807) is 48.5 Å². The zero-order chi connectivity index (χ0) is 21.0. The summed E-state index contributed by atoms with van der Waals surface area (Å²) >= 11 is 0. The van der Waals surface area contributed by atoms with Crippen molar-refractivity contribution in [3.05, 3.63) is 54.1 Å². The molecule has 7 nitrogen and oxygen atoms in total. The highest BCUT2D eigenvalue weighted by molar-refractivity contribution is 7.92. The molecule has 0 aromatic heterocycles. The standard InChI is InChI=1S/C21H27N3O4S/c1-16-9-11-17(12-10-16)29(26,27)24-15-20(21(25)22-13-6-14-23(2)3)28-19-8-5-4-7-18(19)24/h4-5,7-12,20H,6,13-15H2,1-3H3,(H,22,25). The van der Waals surface area contributed by atoms with E-state index in [9.17, 15) is 13.2 Å². The van der Waals surface area contributed by atoms with Crippen molar-refractivity contribution in [2.45, 2.75) is 24.3 Å². The summed E-state index contributed by atoms with van der Waals surface area (Å²) in [7, 11) is 0.110. The minimum atomic E-state index is -3.83.